The number of hydrogen-bond acceptors (Lipinski definition) is 4. The Morgan fingerprint density at radius 1 is 1.33 bits per heavy atom. The van der Waals surface area contributed by atoms with E-state index >= 15 is 0 Å². The third kappa shape index (κ3) is 4.08. The predicted molar refractivity (Wildman–Crippen MR) is 66.1 cm³/mol. The van der Waals surface area contributed by atoms with Crippen LogP contribution in [0.1, 0.15) is 22.3 Å². The molecule has 0 saturated carbocycles. The fourth-order valence-electron chi connectivity index (χ4n) is 1.43. The van der Waals surface area contributed by atoms with Gasteiger partial charge >= 0.3 is 0 Å². The highest BCUT2D eigenvalue weighted by atomic mass is 32.2. The molecule has 0 atom stereocenters. The number of halogens is 1. The van der Waals surface area contributed by atoms with Gasteiger partial charge in [-0.25, -0.2) is 12.8 Å². The van der Waals surface area contributed by atoms with E-state index in [1.165, 1.54) is 12.1 Å². The summed E-state index contributed by atoms with van der Waals surface area (Å²) in [5, 5.41) is 0. The fourth-order valence-corrected chi connectivity index (χ4v) is 2.89. The second-order valence-corrected chi connectivity index (χ2v) is 6.09. The Kier molecular flexibility index (Phi) is 4.80. The maximum absolute atomic E-state index is 13.6. The Morgan fingerprint density at radius 2 is 2.00 bits per heavy atom. The van der Waals surface area contributed by atoms with Crippen molar-refractivity contribution in [3.05, 3.63) is 35.1 Å². The summed E-state index contributed by atoms with van der Waals surface area (Å²) in [6.07, 6.45) is 0.337. The van der Waals surface area contributed by atoms with Gasteiger partial charge in [0.2, 0.25) is 5.91 Å². The molecule has 100 valence electrons. The summed E-state index contributed by atoms with van der Waals surface area (Å²) >= 11 is 0. The van der Waals surface area contributed by atoms with Crippen molar-refractivity contribution >= 4 is 15.7 Å². The van der Waals surface area contributed by atoms with Crippen molar-refractivity contribution in [3.63, 3.8) is 0 Å². The zero-order valence-electron chi connectivity index (χ0n) is 9.73. The minimum Gasteiger partial charge on any atom is -0.366 e. The highest BCUT2D eigenvalue weighted by molar-refractivity contribution is 7.90. The van der Waals surface area contributed by atoms with E-state index in [1.807, 2.05) is 0 Å². The van der Waals surface area contributed by atoms with E-state index in [0.717, 1.165) is 6.07 Å². The van der Waals surface area contributed by atoms with Crippen molar-refractivity contribution in [3.8, 4) is 0 Å². The van der Waals surface area contributed by atoms with Crippen molar-refractivity contribution in [2.45, 2.75) is 12.2 Å². The molecule has 0 fully saturated rings. The summed E-state index contributed by atoms with van der Waals surface area (Å²) in [6.45, 7) is 0.266. The number of carbonyl (C=O) groups is 1. The molecule has 7 heteroatoms. The van der Waals surface area contributed by atoms with E-state index in [9.17, 15) is 17.6 Å². The topological polar surface area (TPSA) is 103 Å². The first-order valence-corrected chi connectivity index (χ1v) is 7.16. The summed E-state index contributed by atoms with van der Waals surface area (Å²) < 4.78 is 36.8. The van der Waals surface area contributed by atoms with E-state index in [-0.39, 0.29) is 23.4 Å². The van der Waals surface area contributed by atoms with Gasteiger partial charge < -0.3 is 11.5 Å². The molecule has 18 heavy (non-hydrogen) atoms. The molecule has 0 unspecified atom stereocenters. The van der Waals surface area contributed by atoms with Crippen LogP contribution in [0, 0.1) is 5.82 Å². The molecular weight excluding hydrogens is 259 g/mol. The van der Waals surface area contributed by atoms with Crippen LogP contribution in [0.3, 0.4) is 0 Å². The lowest BCUT2D eigenvalue weighted by molar-refractivity contribution is 0.1000. The van der Waals surface area contributed by atoms with Gasteiger partial charge in [0, 0.05) is 11.1 Å². The Bertz CT molecular complexity index is 543. The lowest BCUT2D eigenvalue weighted by Crippen LogP contribution is -2.15. The fraction of sp³-hybridized carbons (Fsp3) is 0.364. The van der Waals surface area contributed by atoms with Crippen LogP contribution in [0.5, 0.6) is 0 Å². The maximum atomic E-state index is 13.6. The van der Waals surface area contributed by atoms with E-state index < -0.39 is 27.3 Å². The molecule has 0 heterocycles. The van der Waals surface area contributed by atoms with Crippen LogP contribution < -0.4 is 11.5 Å². The Hall–Kier alpha value is -1.47. The van der Waals surface area contributed by atoms with Gasteiger partial charge in [-0.05, 0) is 25.1 Å². The van der Waals surface area contributed by atoms with Crippen molar-refractivity contribution in [1.29, 1.82) is 0 Å². The van der Waals surface area contributed by atoms with Crippen molar-refractivity contribution < 1.29 is 17.6 Å². The van der Waals surface area contributed by atoms with Gasteiger partial charge in [-0.1, -0.05) is 6.07 Å². The van der Waals surface area contributed by atoms with Gasteiger partial charge in [-0.3, -0.25) is 4.79 Å². The zero-order valence-corrected chi connectivity index (χ0v) is 10.5. The van der Waals surface area contributed by atoms with Gasteiger partial charge in [0.15, 0.2) is 9.84 Å². The minimum atomic E-state index is -3.39. The van der Waals surface area contributed by atoms with Crippen LogP contribution in [-0.2, 0) is 15.6 Å². The third-order valence-corrected chi connectivity index (χ3v) is 4.03. The van der Waals surface area contributed by atoms with Crippen molar-refractivity contribution in [2.75, 3.05) is 12.3 Å². The third-order valence-electron chi connectivity index (χ3n) is 2.37. The van der Waals surface area contributed by atoms with Crippen LogP contribution >= 0.6 is 0 Å². The number of amides is 1. The maximum Gasteiger partial charge on any atom is 0.248 e. The average Bonchev–Trinajstić information content (AvgIpc) is 2.29. The molecule has 1 aromatic carbocycles. The molecule has 0 saturated heterocycles. The van der Waals surface area contributed by atoms with Crippen LogP contribution in [0.15, 0.2) is 18.2 Å². The number of sulfone groups is 1. The lowest BCUT2D eigenvalue weighted by atomic mass is 10.1. The predicted octanol–water partition coefficient (Wildman–Crippen LogP) is 0.188. The second-order valence-electron chi connectivity index (χ2n) is 3.90. The summed E-state index contributed by atoms with van der Waals surface area (Å²) in [5.74, 6) is -1.99. The molecule has 5 nitrogen and oxygen atoms in total. The van der Waals surface area contributed by atoms with Crippen molar-refractivity contribution in [1.82, 2.24) is 0 Å². The Balaban J connectivity index is 2.89. The highest BCUT2D eigenvalue weighted by Crippen LogP contribution is 2.14. The molecule has 0 spiro atoms. The Labute approximate surface area is 105 Å². The number of nitrogens with two attached hydrogens (primary N) is 2. The van der Waals surface area contributed by atoms with Gasteiger partial charge in [-0.2, -0.15) is 0 Å². The van der Waals surface area contributed by atoms with E-state index in [4.69, 9.17) is 11.5 Å². The van der Waals surface area contributed by atoms with Crippen LogP contribution in [0.2, 0.25) is 0 Å². The molecule has 0 aliphatic heterocycles. The highest BCUT2D eigenvalue weighted by Gasteiger charge is 2.15. The summed E-state index contributed by atoms with van der Waals surface area (Å²) in [7, 11) is -3.39. The van der Waals surface area contributed by atoms with Gasteiger partial charge in [0.1, 0.15) is 5.82 Å². The molecule has 0 bridgehead atoms. The molecule has 0 aliphatic carbocycles. The van der Waals surface area contributed by atoms with Gasteiger partial charge in [-0.15, -0.1) is 0 Å². The first-order valence-electron chi connectivity index (χ1n) is 5.34. The molecule has 0 radical (unpaired) electrons. The molecule has 4 N–H and O–H groups in total. The number of primary amides is 1. The first-order chi connectivity index (χ1) is 8.35. The lowest BCUT2D eigenvalue weighted by Gasteiger charge is -2.06. The first kappa shape index (κ1) is 14.6. The van der Waals surface area contributed by atoms with Crippen LogP contribution in [0.4, 0.5) is 4.39 Å². The molecular formula is C11H15FN2O3S. The molecule has 1 rings (SSSR count). The van der Waals surface area contributed by atoms with E-state index in [1.54, 1.807) is 0 Å². The van der Waals surface area contributed by atoms with Crippen LogP contribution in [-0.4, -0.2) is 26.6 Å². The number of carbonyl (C=O) groups excluding carboxylic acids is 1. The normalized spacial score (nSPS) is 11.4. The number of benzene rings is 1. The summed E-state index contributed by atoms with van der Waals surface area (Å²) in [5.41, 5.74) is 10.2. The quantitative estimate of drug-likeness (QED) is 0.772. The number of rotatable bonds is 6. The molecule has 1 aromatic rings. The average molecular weight is 274 g/mol. The minimum absolute atomic E-state index is 0.00982. The molecule has 0 aromatic heterocycles. The van der Waals surface area contributed by atoms with Crippen LogP contribution in [0.25, 0.3) is 0 Å². The van der Waals surface area contributed by atoms with Gasteiger partial charge in [0.25, 0.3) is 0 Å². The van der Waals surface area contributed by atoms with E-state index in [2.05, 4.69) is 0 Å². The SMILES string of the molecule is NCCCS(=O)(=O)Cc1ccc(C(N)=O)cc1F. The van der Waals surface area contributed by atoms with Gasteiger partial charge in [0.05, 0.1) is 11.5 Å². The summed E-state index contributed by atoms with van der Waals surface area (Å²) in [4.78, 5) is 10.8. The smallest absolute Gasteiger partial charge is 0.248 e. The zero-order chi connectivity index (χ0) is 13.8. The second kappa shape index (κ2) is 5.92. The standard InChI is InChI=1S/C11H15FN2O3S/c12-10-6-8(11(14)15)2-3-9(10)7-18(16,17)5-1-4-13/h2-3,6H,1,4-5,7,13H2,(H2,14,15). The molecule has 1 amide bonds. The Morgan fingerprint density at radius 3 is 2.50 bits per heavy atom. The largest absolute Gasteiger partial charge is 0.366 e. The van der Waals surface area contributed by atoms with Crippen molar-refractivity contribution in [2.24, 2.45) is 11.5 Å². The monoisotopic (exact) mass is 274 g/mol. The molecule has 0 aliphatic rings. The van der Waals surface area contributed by atoms with E-state index in [0.29, 0.717) is 6.42 Å². The summed E-state index contributed by atoms with van der Waals surface area (Å²) in [6, 6.07) is 3.50. The number of hydrogen-bond donors (Lipinski definition) is 2.